The Balaban J connectivity index is 1.68. The van der Waals surface area contributed by atoms with Crippen molar-refractivity contribution in [3.8, 4) is 22.8 Å². The number of nitrogens with zero attached hydrogens (tertiary/aromatic N) is 1. The summed E-state index contributed by atoms with van der Waals surface area (Å²) in [6.45, 7) is 3.28. The summed E-state index contributed by atoms with van der Waals surface area (Å²) >= 11 is 1.31. The molecule has 2 aromatic carbocycles. The molecule has 7 nitrogen and oxygen atoms in total. The molecule has 1 N–H and O–H groups in total. The van der Waals surface area contributed by atoms with Crippen LogP contribution in [0.5, 0.6) is 11.5 Å². The number of amides is 1. The fourth-order valence-electron chi connectivity index (χ4n) is 2.88. The highest BCUT2D eigenvalue weighted by Gasteiger charge is 2.19. The van der Waals surface area contributed by atoms with Crippen LogP contribution in [0.2, 0.25) is 0 Å². The van der Waals surface area contributed by atoms with Crippen molar-refractivity contribution in [1.29, 1.82) is 0 Å². The van der Waals surface area contributed by atoms with Crippen LogP contribution in [0.15, 0.2) is 52.7 Å². The number of sulfone groups is 1. The number of thiazole rings is 1. The van der Waals surface area contributed by atoms with Crippen molar-refractivity contribution >= 4 is 32.2 Å². The van der Waals surface area contributed by atoms with Crippen molar-refractivity contribution < 1.29 is 22.7 Å². The van der Waals surface area contributed by atoms with E-state index in [-0.39, 0.29) is 17.2 Å². The second-order valence-corrected chi connectivity index (χ2v) is 10.4. The minimum absolute atomic E-state index is 0.114. The quantitative estimate of drug-likeness (QED) is 0.542. The van der Waals surface area contributed by atoms with Crippen LogP contribution in [0.1, 0.15) is 19.4 Å². The summed E-state index contributed by atoms with van der Waals surface area (Å²) in [5.41, 5.74) is 2.19. The first-order valence-corrected chi connectivity index (χ1v) is 12.0. The van der Waals surface area contributed by atoms with E-state index in [1.807, 2.05) is 17.5 Å². The summed E-state index contributed by atoms with van der Waals surface area (Å²) in [7, 11) is -0.172. The van der Waals surface area contributed by atoms with E-state index in [9.17, 15) is 13.2 Å². The third-order valence-electron chi connectivity index (χ3n) is 4.67. The number of carbonyl (C=O) groups excluding carboxylic acids is 1. The van der Waals surface area contributed by atoms with E-state index in [1.165, 1.54) is 23.5 Å². The molecule has 31 heavy (non-hydrogen) atoms. The highest BCUT2D eigenvalue weighted by Crippen LogP contribution is 2.34. The molecular formula is C22H24N2O5S2. The van der Waals surface area contributed by atoms with E-state index in [0.29, 0.717) is 27.9 Å². The number of aromatic nitrogens is 1. The number of benzene rings is 2. The molecule has 0 bridgehead atoms. The summed E-state index contributed by atoms with van der Waals surface area (Å²) in [5, 5.41) is 4.60. The topological polar surface area (TPSA) is 94.6 Å². The zero-order valence-corrected chi connectivity index (χ0v) is 19.3. The smallest absolute Gasteiger partial charge is 0.230 e. The average Bonchev–Trinajstić information content (AvgIpc) is 3.21. The Kier molecular flexibility index (Phi) is 6.97. The van der Waals surface area contributed by atoms with Gasteiger partial charge in [-0.05, 0) is 43.7 Å². The van der Waals surface area contributed by atoms with Crippen LogP contribution < -0.4 is 14.8 Å². The number of hydrogen-bond donors (Lipinski definition) is 1. The lowest BCUT2D eigenvalue weighted by Gasteiger charge is -2.09. The number of hydrogen-bond acceptors (Lipinski definition) is 7. The number of methoxy groups -OCH3 is 2. The van der Waals surface area contributed by atoms with E-state index in [2.05, 4.69) is 10.3 Å². The van der Waals surface area contributed by atoms with Crippen LogP contribution in [0, 0.1) is 0 Å². The largest absolute Gasteiger partial charge is 0.497 e. The van der Waals surface area contributed by atoms with Gasteiger partial charge in [-0.15, -0.1) is 11.3 Å². The second kappa shape index (κ2) is 9.49. The molecule has 0 spiro atoms. The molecule has 164 valence electrons. The third kappa shape index (κ3) is 5.23. The van der Waals surface area contributed by atoms with Crippen LogP contribution in [-0.4, -0.2) is 38.8 Å². The summed E-state index contributed by atoms with van der Waals surface area (Å²) in [6, 6.07) is 11.8. The molecule has 0 saturated heterocycles. The zero-order chi connectivity index (χ0) is 22.6. The van der Waals surface area contributed by atoms with Gasteiger partial charge >= 0.3 is 0 Å². The first-order valence-electron chi connectivity index (χ1n) is 9.55. The first-order chi connectivity index (χ1) is 14.7. The van der Waals surface area contributed by atoms with Crippen LogP contribution in [0.4, 0.5) is 5.13 Å². The Morgan fingerprint density at radius 2 is 1.81 bits per heavy atom. The minimum atomic E-state index is -3.33. The zero-order valence-electron chi connectivity index (χ0n) is 17.7. The molecule has 0 aliphatic carbocycles. The predicted molar refractivity (Wildman–Crippen MR) is 122 cm³/mol. The molecule has 0 fully saturated rings. The maximum Gasteiger partial charge on any atom is 0.230 e. The fraction of sp³-hybridized carbons (Fsp3) is 0.273. The highest BCUT2D eigenvalue weighted by atomic mass is 32.2. The molecule has 0 aliphatic heterocycles. The van der Waals surface area contributed by atoms with E-state index < -0.39 is 15.1 Å². The van der Waals surface area contributed by atoms with Gasteiger partial charge in [0.05, 0.1) is 36.5 Å². The van der Waals surface area contributed by atoms with Gasteiger partial charge in [0.25, 0.3) is 0 Å². The van der Waals surface area contributed by atoms with E-state index >= 15 is 0 Å². The summed E-state index contributed by atoms with van der Waals surface area (Å²) in [5.74, 6) is 1.07. The number of ether oxygens (including phenoxy) is 2. The van der Waals surface area contributed by atoms with Gasteiger partial charge < -0.3 is 14.8 Å². The second-order valence-electron chi connectivity index (χ2n) is 7.07. The van der Waals surface area contributed by atoms with Gasteiger partial charge in [0, 0.05) is 17.0 Å². The van der Waals surface area contributed by atoms with E-state index in [0.717, 1.165) is 5.56 Å². The monoisotopic (exact) mass is 460 g/mol. The lowest BCUT2D eigenvalue weighted by atomic mass is 10.1. The van der Waals surface area contributed by atoms with Crippen molar-refractivity contribution in [1.82, 2.24) is 4.98 Å². The minimum Gasteiger partial charge on any atom is -0.497 e. The lowest BCUT2D eigenvalue weighted by molar-refractivity contribution is -0.115. The van der Waals surface area contributed by atoms with Gasteiger partial charge in [0.1, 0.15) is 11.5 Å². The number of nitrogens with one attached hydrogen (secondary N) is 1. The van der Waals surface area contributed by atoms with Crippen molar-refractivity contribution in [2.45, 2.75) is 30.4 Å². The van der Waals surface area contributed by atoms with Crippen LogP contribution >= 0.6 is 11.3 Å². The Morgan fingerprint density at radius 1 is 1.10 bits per heavy atom. The highest BCUT2D eigenvalue weighted by molar-refractivity contribution is 7.92. The summed E-state index contributed by atoms with van der Waals surface area (Å²) in [4.78, 5) is 17.2. The fourth-order valence-corrected chi connectivity index (χ4v) is 4.67. The maximum atomic E-state index is 12.4. The lowest BCUT2D eigenvalue weighted by Crippen LogP contribution is -2.15. The van der Waals surface area contributed by atoms with Gasteiger partial charge in [0.2, 0.25) is 5.91 Å². The van der Waals surface area contributed by atoms with Crippen molar-refractivity contribution in [2.75, 3.05) is 19.5 Å². The molecule has 9 heteroatoms. The summed E-state index contributed by atoms with van der Waals surface area (Å²) in [6.07, 6.45) is 0.114. The third-order valence-corrected chi connectivity index (χ3v) is 7.60. The molecule has 3 aromatic rings. The van der Waals surface area contributed by atoms with Gasteiger partial charge in [-0.3, -0.25) is 4.79 Å². The molecule has 0 atom stereocenters. The van der Waals surface area contributed by atoms with Crippen molar-refractivity contribution in [3.05, 3.63) is 53.4 Å². The SMILES string of the molecule is COc1ccc(-c2csc(NC(=O)Cc3ccc(S(=O)(=O)C(C)C)cc3)n2)c(OC)c1. The van der Waals surface area contributed by atoms with Gasteiger partial charge in [0.15, 0.2) is 15.0 Å². The van der Waals surface area contributed by atoms with Gasteiger partial charge in [-0.2, -0.15) is 0 Å². The van der Waals surface area contributed by atoms with Gasteiger partial charge in [-0.25, -0.2) is 13.4 Å². The van der Waals surface area contributed by atoms with Crippen LogP contribution in [0.3, 0.4) is 0 Å². The molecule has 0 aliphatic rings. The summed E-state index contributed by atoms with van der Waals surface area (Å²) < 4.78 is 35.0. The molecule has 1 heterocycles. The normalized spacial score (nSPS) is 11.4. The standard InChI is InChI=1S/C22H24N2O5S2/c1-14(2)31(26,27)17-8-5-15(6-9-17)11-21(25)24-22-23-19(13-30-22)18-10-7-16(28-3)12-20(18)29-4/h5-10,12-14H,11H2,1-4H3,(H,23,24,25). The Labute approximate surface area is 186 Å². The number of rotatable bonds is 8. The molecule has 3 rings (SSSR count). The number of carbonyl (C=O) groups is 1. The van der Waals surface area contributed by atoms with Crippen LogP contribution in [-0.2, 0) is 21.1 Å². The van der Waals surface area contributed by atoms with Crippen LogP contribution in [0.25, 0.3) is 11.3 Å². The molecule has 1 aromatic heterocycles. The van der Waals surface area contributed by atoms with E-state index in [1.54, 1.807) is 46.3 Å². The molecule has 0 unspecified atom stereocenters. The molecule has 0 radical (unpaired) electrons. The number of anilines is 1. The van der Waals surface area contributed by atoms with Gasteiger partial charge in [-0.1, -0.05) is 12.1 Å². The molecule has 0 saturated carbocycles. The van der Waals surface area contributed by atoms with Crippen molar-refractivity contribution in [2.24, 2.45) is 0 Å². The molecular weight excluding hydrogens is 436 g/mol. The van der Waals surface area contributed by atoms with E-state index in [4.69, 9.17) is 9.47 Å². The first kappa shape index (κ1) is 22.8. The Hall–Kier alpha value is -2.91. The Bertz CT molecular complexity index is 1170. The Morgan fingerprint density at radius 3 is 2.42 bits per heavy atom. The predicted octanol–water partition coefficient (Wildman–Crippen LogP) is 4.19. The average molecular weight is 461 g/mol. The maximum absolute atomic E-state index is 12.4. The molecule has 1 amide bonds. The van der Waals surface area contributed by atoms with Crippen molar-refractivity contribution in [3.63, 3.8) is 0 Å².